The van der Waals surface area contributed by atoms with Crippen LogP contribution in [0.15, 0.2) is 30.9 Å². The molecule has 0 saturated carbocycles. The van der Waals surface area contributed by atoms with Crippen LogP contribution in [-0.2, 0) is 22.7 Å². The zero-order valence-corrected chi connectivity index (χ0v) is 12.0. The number of carbonyl (C=O) groups excluding carboxylic acids is 2. The van der Waals surface area contributed by atoms with Gasteiger partial charge < -0.3 is 10.2 Å². The molecule has 1 unspecified atom stereocenters. The fraction of sp³-hybridized carbons (Fsp3) is 0.375. The molecule has 1 aliphatic rings. The van der Waals surface area contributed by atoms with E-state index < -0.39 is 0 Å². The molecule has 1 aromatic carbocycles. The molecule has 1 aliphatic heterocycles. The average molecular weight is 272 g/mol. The minimum Gasteiger partial charge on any atom is -0.331 e. The molecule has 2 rings (SSSR count). The molecule has 20 heavy (non-hydrogen) atoms. The van der Waals surface area contributed by atoms with Crippen molar-refractivity contribution >= 4 is 17.5 Å². The van der Waals surface area contributed by atoms with Crippen LogP contribution in [0.1, 0.15) is 31.4 Å². The Balaban J connectivity index is 2.09. The van der Waals surface area contributed by atoms with E-state index in [1.807, 2.05) is 32.0 Å². The lowest BCUT2D eigenvalue weighted by atomic mass is 10.1. The highest BCUT2D eigenvalue weighted by Gasteiger charge is 2.22. The maximum atomic E-state index is 11.9. The Bertz CT molecular complexity index is 551. The van der Waals surface area contributed by atoms with E-state index in [0.717, 1.165) is 23.2 Å². The van der Waals surface area contributed by atoms with Crippen molar-refractivity contribution in [2.45, 2.75) is 33.4 Å². The van der Waals surface area contributed by atoms with Gasteiger partial charge in [0, 0.05) is 24.7 Å². The Hall–Kier alpha value is -2.10. The van der Waals surface area contributed by atoms with Crippen molar-refractivity contribution in [1.29, 1.82) is 0 Å². The Morgan fingerprint density at radius 1 is 1.40 bits per heavy atom. The first kappa shape index (κ1) is 14.3. The normalized spacial score (nSPS) is 14.6. The fourth-order valence-corrected chi connectivity index (χ4v) is 2.21. The monoisotopic (exact) mass is 272 g/mol. The number of nitrogens with zero attached hydrogens (tertiary/aromatic N) is 1. The Kier molecular flexibility index (Phi) is 4.23. The molecular weight excluding hydrogens is 252 g/mol. The smallest absolute Gasteiger partial charge is 0.246 e. The number of benzene rings is 1. The topological polar surface area (TPSA) is 49.4 Å². The van der Waals surface area contributed by atoms with Crippen molar-refractivity contribution in [3.63, 3.8) is 0 Å². The summed E-state index contributed by atoms with van der Waals surface area (Å²) in [6, 6.07) is 5.81. The van der Waals surface area contributed by atoms with Gasteiger partial charge >= 0.3 is 0 Å². The summed E-state index contributed by atoms with van der Waals surface area (Å²) < 4.78 is 0. The van der Waals surface area contributed by atoms with Gasteiger partial charge in [0.05, 0.1) is 0 Å². The van der Waals surface area contributed by atoms with Crippen LogP contribution in [-0.4, -0.2) is 16.7 Å². The lowest BCUT2D eigenvalue weighted by molar-refractivity contribution is -0.126. The van der Waals surface area contributed by atoms with E-state index >= 15 is 0 Å². The summed E-state index contributed by atoms with van der Waals surface area (Å²) in [5.41, 5.74) is 3.01. The van der Waals surface area contributed by atoms with Gasteiger partial charge in [0.25, 0.3) is 0 Å². The second-order valence-electron chi connectivity index (χ2n) is 5.18. The van der Waals surface area contributed by atoms with E-state index in [1.165, 1.54) is 6.08 Å². The van der Waals surface area contributed by atoms with Crippen LogP contribution in [0.25, 0.3) is 0 Å². The number of anilines is 1. The summed E-state index contributed by atoms with van der Waals surface area (Å²) >= 11 is 0. The van der Waals surface area contributed by atoms with Gasteiger partial charge in [-0.15, -0.1) is 0 Å². The fourth-order valence-electron chi connectivity index (χ4n) is 2.21. The summed E-state index contributed by atoms with van der Waals surface area (Å²) in [5, 5.41) is 2.92. The molecule has 1 atom stereocenters. The van der Waals surface area contributed by atoms with Gasteiger partial charge in [-0.05, 0) is 35.8 Å². The first-order valence-corrected chi connectivity index (χ1v) is 6.89. The molecule has 106 valence electrons. The number of fused-ring (bicyclic) bond motifs is 1. The van der Waals surface area contributed by atoms with Crippen LogP contribution in [0.3, 0.4) is 0 Å². The quantitative estimate of drug-likeness (QED) is 0.857. The summed E-state index contributed by atoms with van der Waals surface area (Å²) in [7, 11) is 0. The second kappa shape index (κ2) is 5.90. The van der Waals surface area contributed by atoms with E-state index in [9.17, 15) is 9.59 Å². The predicted octanol–water partition coefficient (Wildman–Crippen LogP) is 2.70. The predicted molar refractivity (Wildman–Crippen MR) is 79.0 cm³/mol. The zero-order valence-electron chi connectivity index (χ0n) is 12.0. The van der Waals surface area contributed by atoms with Crippen molar-refractivity contribution < 1.29 is 9.59 Å². The van der Waals surface area contributed by atoms with Crippen LogP contribution in [0.4, 0.5) is 5.69 Å². The number of hydrogen-bond donors (Lipinski definition) is 1. The molecule has 0 fully saturated rings. The minimum atomic E-state index is -0.0635. The lowest BCUT2D eigenvalue weighted by Gasteiger charge is -2.11. The summed E-state index contributed by atoms with van der Waals surface area (Å²) in [6.45, 7) is 8.59. The van der Waals surface area contributed by atoms with Crippen molar-refractivity contribution in [1.82, 2.24) is 4.90 Å². The number of carbonyl (C=O) groups is 2. The second-order valence-corrected chi connectivity index (χ2v) is 5.18. The van der Waals surface area contributed by atoms with Crippen molar-refractivity contribution in [3.8, 4) is 0 Å². The molecule has 0 bridgehead atoms. The van der Waals surface area contributed by atoms with E-state index in [1.54, 1.807) is 4.90 Å². The third kappa shape index (κ3) is 2.90. The molecule has 0 aromatic heterocycles. The number of nitrogens with one attached hydrogen (secondary N) is 1. The number of amides is 2. The van der Waals surface area contributed by atoms with Gasteiger partial charge in [-0.3, -0.25) is 9.59 Å². The largest absolute Gasteiger partial charge is 0.331 e. The lowest BCUT2D eigenvalue weighted by Crippen LogP contribution is -2.22. The maximum absolute atomic E-state index is 11.9. The van der Waals surface area contributed by atoms with Gasteiger partial charge in [0.15, 0.2) is 0 Å². The highest BCUT2D eigenvalue weighted by molar-refractivity contribution is 5.92. The molecule has 4 heteroatoms. The van der Waals surface area contributed by atoms with Crippen molar-refractivity contribution in [3.05, 3.63) is 42.0 Å². The van der Waals surface area contributed by atoms with E-state index in [-0.39, 0.29) is 17.7 Å². The van der Waals surface area contributed by atoms with Crippen molar-refractivity contribution in [2.75, 3.05) is 5.32 Å². The van der Waals surface area contributed by atoms with Gasteiger partial charge in [-0.2, -0.15) is 0 Å². The molecular formula is C16H20N2O2. The minimum absolute atomic E-state index is 0.00194. The van der Waals surface area contributed by atoms with Gasteiger partial charge in [-0.1, -0.05) is 26.5 Å². The standard InChI is InChI=1S/C16H20N2O2/c1-4-11(3)16(20)17-14-7-6-12-9-18(15(19)5-2)10-13(12)8-14/h5-8,11H,2,4,9-10H2,1,3H3,(H,17,20). The first-order valence-electron chi connectivity index (χ1n) is 6.89. The Morgan fingerprint density at radius 2 is 2.10 bits per heavy atom. The summed E-state index contributed by atoms with van der Waals surface area (Å²) in [5.74, 6) is -0.0297. The zero-order chi connectivity index (χ0) is 14.7. The Morgan fingerprint density at radius 3 is 2.75 bits per heavy atom. The van der Waals surface area contributed by atoms with Crippen LogP contribution >= 0.6 is 0 Å². The molecule has 1 aromatic rings. The highest BCUT2D eigenvalue weighted by Crippen LogP contribution is 2.26. The SMILES string of the molecule is C=CC(=O)N1Cc2ccc(NC(=O)C(C)CC)cc2C1. The molecule has 0 saturated heterocycles. The summed E-state index contributed by atoms with van der Waals surface area (Å²) in [6.07, 6.45) is 2.15. The first-order chi connectivity index (χ1) is 9.55. The van der Waals surface area contributed by atoms with Gasteiger partial charge in [0.2, 0.25) is 11.8 Å². The Labute approximate surface area is 119 Å². The van der Waals surface area contributed by atoms with E-state index in [0.29, 0.717) is 13.1 Å². The van der Waals surface area contributed by atoms with Crippen molar-refractivity contribution in [2.24, 2.45) is 5.92 Å². The molecule has 0 aliphatic carbocycles. The molecule has 2 amide bonds. The van der Waals surface area contributed by atoms with E-state index in [4.69, 9.17) is 0 Å². The summed E-state index contributed by atoms with van der Waals surface area (Å²) in [4.78, 5) is 25.2. The number of hydrogen-bond acceptors (Lipinski definition) is 2. The third-order valence-electron chi connectivity index (χ3n) is 3.74. The maximum Gasteiger partial charge on any atom is 0.246 e. The average Bonchev–Trinajstić information content (AvgIpc) is 2.88. The molecule has 0 radical (unpaired) electrons. The van der Waals surface area contributed by atoms with Crippen LogP contribution < -0.4 is 5.32 Å². The molecule has 1 heterocycles. The van der Waals surface area contributed by atoms with Crippen LogP contribution in [0.2, 0.25) is 0 Å². The van der Waals surface area contributed by atoms with Gasteiger partial charge in [0.1, 0.15) is 0 Å². The van der Waals surface area contributed by atoms with E-state index in [2.05, 4.69) is 11.9 Å². The highest BCUT2D eigenvalue weighted by atomic mass is 16.2. The molecule has 1 N–H and O–H groups in total. The number of rotatable bonds is 4. The molecule has 0 spiro atoms. The molecule has 4 nitrogen and oxygen atoms in total. The third-order valence-corrected chi connectivity index (χ3v) is 3.74. The van der Waals surface area contributed by atoms with Crippen LogP contribution in [0.5, 0.6) is 0 Å². The van der Waals surface area contributed by atoms with Gasteiger partial charge in [-0.25, -0.2) is 0 Å². The van der Waals surface area contributed by atoms with Crippen LogP contribution in [0, 0.1) is 5.92 Å².